The molecule has 0 radical (unpaired) electrons. The fraction of sp³-hybridized carbons (Fsp3) is 0.417. The van der Waals surface area contributed by atoms with Gasteiger partial charge in [-0.2, -0.15) is 4.31 Å². The number of piperidine rings is 1. The first-order valence-electron chi connectivity index (χ1n) is 11.0. The van der Waals surface area contributed by atoms with E-state index < -0.39 is 21.9 Å². The van der Waals surface area contributed by atoms with Crippen LogP contribution in [0.1, 0.15) is 32.3 Å². The Morgan fingerprint density at radius 1 is 1.00 bits per heavy atom. The molecule has 1 atom stereocenters. The smallest absolute Gasteiger partial charge is 0.247 e. The molecule has 9 heteroatoms. The molecule has 178 valence electrons. The second kappa shape index (κ2) is 10.4. The molecule has 1 heterocycles. The molecule has 7 nitrogen and oxygen atoms in total. The summed E-state index contributed by atoms with van der Waals surface area (Å²) in [6, 6.07) is 11.3. The molecule has 3 rings (SSSR count). The van der Waals surface area contributed by atoms with Gasteiger partial charge in [-0.15, -0.1) is 0 Å². The molecule has 1 saturated heterocycles. The Morgan fingerprint density at radius 2 is 1.58 bits per heavy atom. The van der Waals surface area contributed by atoms with Crippen molar-refractivity contribution in [3.63, 3.8) is 0 Å². The van der Waals surface area contributed by atoms with E-state index in [1.165, 1.54) is 28.6 Å². The summed E-state index contributed by atoms with van der Waals surface area (Å²) in [4.78, 5) is 25.8. The Balaban J connectivity index is 1.59. The predicted molar refractivity (Wildman–Crippen MR) is 124 cm³/mol. The van der Waals surface area contributed by atoms with Crippen LogP contribution in [0, 0.1) is 24.6 Å². The first-order chi connectivity index (χ1) is 15.6. The van der Waals surface area contributed by atoms with Crippen molar-refractivity contribution in [2.45, 2.75) is 44.6 Å². The second-order valence-electron chi connectivity index (χ2n) is 8.72. The van der Waals surface area contributed by atoms with Crippen molar-refractivity contribution in [3.05, 3.63) is 59.9 Å². The molecule has 1 fully saturated rings. The van der Waals surface area contributed by atoms with Gasteiger partial charge in [-0.1, -0.05) is 31.5 Å². The van der Waals surface area contributed by atoms with Gasteiger partial charge >= 0.3 is 0 Å². The lowest BCUT2D eigenvalue weighted by molar-refractivity contribution is -0.130. The molecule has 2 aromatic carbocycles. The molecule has 0 aliphatic carbocycles. The van der Waals surface area contributed by atoms with Crippen LogP contribution in [0.25, 0.3) is 0 Å². The first-order valence-corrected chi connectivity index (χ1v) is 12.5. The van der Waals surface area contributed by atoms with Gasteiger partial charge in [-0.05, 0) is 62.1 Å². The van der Waals surface area contributed by atoms with Crippen molar-refractivity contribution in [2.75, 3.05) is 18.4 Å². The van der Waals surface area contributed by atoms with Crippen molar-refractivity contribution >= 4 is 27.5 Å². The molecule has 33 heavy (non-hydrogen) atoms. The van der Waals surface area contributed by atoms with Crippen LogP contribution in [0.4, 0.5) is 10.1 Å². The number of nitrogens with zero attached hydrogens (tertiary/aromatic N) is 1. The van der Waals surface area contributed by atoms with Crippen molar-refractivity contribution in [1.82, 2.24) is 9.62 Å². The zero-order chi connectivity index (χ0) is 24.2. The minimum Gasteiger partial charge on any atom is -0.344 e. The van der Waals surface area contributed by atoms with Gasteiger partial charge in [0.25, 0.3) is 0 Å². The van der Waals surface area contributed by atoms with Gasteiger partial charge in [0.05, 0.1) is 4.90 Å². The van der Waals surface area contributed by atoms with E-state index in [9.17, 15) is 22.4 Å². The Bertz CT molecular complexity index is 1080. The summed E-state index contributed by atoms with van der Waals surface area (Å²) >= 11 is 0. The van der Waals surface area contributed by atoms with Gasteiger partial charge < -0.3 is 10.6 Å². The molecule has 0 saturated carbocycles. The molecule has 2 aromatic rings. The van der Waals surface area contributed by atoms with Gasteiger partial charge in [-0.3, -0.25) is 9.59 Å². The summed E-state index contributed by atoms with van der Waals surface area (Å²) in [6.07, 6.45) is 0.753. The number of carbonyl (C=O) groups is 2. The van der Waals surface area contributed by atoms with Gasteiger partial charge in [0.1, 0.15) is 11.9 Å². The van der Waals surface area contributed by atoms with Crippen LogP contribution >= 0.6 is 0 Å². The minimum absolute atomic E-state index is 0.170. The summed E-state index contributed by atoms with van der Waals surface area (Å²) in [7, 11) is -3.60. The van der Waals surface area contributed by atoms with E-state index in [0.717, 1.165) is 5.56 Å². The Kier molecular flexibility index (Phi) is 7.86. The fourth-order valence-corrected chi connectivity index (χ4v) is 5.25. The van der Waals surface area contributed by atoms with Crippen molar-refractivity contribution in [3.8, 4) is 0 Å². The summed E-state index contributed by atoms with van der Waals surface area (Å²) < 4.78 is 40.2. The number of benzene rings is 2. The number of hydrogen-bond donors (Lipinski definition) is 2. The summed E-state index contributed by atoms with van der Waals surface area (Å²) in [5, 5.41) is 5.52. The number of hydrogen-bond acceptors (Lipinski definition) is 4. The number of aryl methyl sites for hydroxylation is 1. The number of amides is 2. The van der Waals surface area contributed by atoms with Crippen LogP contribution in [0.5, 0.6) is 0 Å². The molecule has 0 unspecified atom stereocenters. The topological polar surface area (TPSA) is 95.6 Å². The normalized spacial score (nSPS) is 16.4. The lowest BCUT2D eigenvalue weighted by atomic mass is 9.95. The zero-order valence-corrected chi connectivity index (χ0v) is 19.9. The first kappa shape index (κ1) is 24.9. The quantitative estimate of drug-likeness (QED) is 0.642. The van der Waals surface area contributed by atoms with Crippen LogP contribution < -0.4 is 10.6 Å². The molecule has 0 aromatic heterocycles. The minimum atomic E-state index is -3.60. The molecule has 2 amide bonds. The monoisotopic (exact) mass is 475 g/mol. The summed E-state index contributed by atoms with van der Waals surface area (Å²) in [6.45, 7) is 6.02. The number of nitrogens with one attached hydrogen (secondary N) is 2. The summed E-state index contributed by atoms with van der Waals surface area (Å²) in [5.74, 6) is -1.61. The van der Waals surface area contributed by atoms with E-state index in [1.54, 1.807) is 24.3 Å². The van der Waals surface area contributed by atoms with Crippen molar-refractivity contribution < 1.29 is 22.4 Å². The molecule has 1 aliphatic rings. The van der Waals surface area contributed by atoms with Gasteiger partial charge in [0.15, 0.2) is 0 Å². The third-order valence-electron chi connectivity index (χ3n) is 5.84. The highest BCUT2D eigenvalue weighted by Crippen LogP contribution is 2.24. The maximum absolute atomic E-state index is 13.1. The van der Waals surface area contributed by atoms with Crippen LogP contribution in [-0.2, 0) is 19.6 Å². The van der Waals surface area contributed by atoms with E-state index in [-0.39, 0.29) is 41.6 Å². The third-order valence-corrected chi connectivity index (χ3v) is 7.75. The van der Waals surface area contributed by atoms with Crippen LogP contribution in [0.3, 0.4) is 0 Å². The van der Waals surface area contributed by atoms with E-state index in [4.69, 9.17) is 0 Å². The summed E-state index contributed by atoms with van der Waals surface area (Å²) in [5.41, 5.74) is 1.42. The van der Waals surface area contributed by atoms with E-state index in [2.05, 4.69) is 10.6 Å². The molecule has 0 spiro atoms. The second-order valence-corrected chi connectivity index (χ2v) is 10.7. The number of anilines is 1. The molecule has 1 aliphatic heterocycles. The number of sulfonamides is 1. The SMILES string of the molecule is Cc1ccc(S(=O)(=O)N2CCC(C(=O)N[C@@H](C(=O)Nc3ccc(F)cc3)C(C)C)CC2)cc1. The maximum atomic E-state index is 13.1. The highest BCUT2D eigenvalue weighted by molar-refractivity contribution is 7.89. The Morgan fingerprint density at radius 3 is 2.12 bits per heavy atom. The van der Waals surface area contributed by atoms with Gasteiger partial charge in [0, 0.05) is 24.7 Å². The third kappa shape index (κ3) is 6.17. The van der Waals surface area contributed by atoms with Crippen LogP contribution in [0.15, 0.2) is 53.4 Å². The zero-order valence-electron chi connectivity index (χ0n) is 19.0. The lowest BCUT2D eigenvalue weighted by Crippen LogP contribution is -2.50. The van der Waals surface area contributed by atoms with Crippen LogP contribution in [-0.4, -0.2) is 43.7 Å². The fourth-order valence-electron chi connectivity index (χ4n) is 3.78. The Labute approximate surface area is 194 Å². The lowest BCUT2D eigenvalue weighted by Gasteiger charge is -2.32. The maximum Gasteiger partial charge on any atom is 0.247 e. The average Bonchev–Trinajstić information content (AvgIpc) is 2.79. The van der Waals surface area contributed by atoms with E-state index >= 15 is 0 Å². The molecule has 2 N–H and O–H groups in total. The molecular weight excluding hydrogens is 445 g/mol. The highest BCUT2D eigenvalue weighted by atomic mass is 32.2. The van der Waals surface area contributed by atoms with Crippen LogP contribution in [0.2, 0.25) is 0 Å². The number of rotatable bonds is 7. The largest absolute Gasteiger partial charge is 0.344 e. The van der Waals surface area contributed by atoms with Gasteiger partial charge in [0.2, 0.25) is 21.8 Å². The van der Waals surface area contributed by atoms with E-state index in [0.29, 0.717) is 18.5 Å². The average molecular weight is 476 g/mol. The number of carbonyl (C=O) groups excluding carboxylic acids is 2. The van der Waals surface area contributed by atoms with Crippen molar-refractivity contribution in [2.24, 2.45) is 11.8 Å². The molecule has 0 bridgehead atoms. The predicted octanol–water partition coefficient (Wildman–Crippen LogP) is 3.31. The highest BCUT2D eigenvalue weighted by Gasteiger charge is 2.34. The number of halogens is 1. The van der Waals surface area contributed by atoms with E-state index in [1.807, 2.05) is 20.8 Å². The van der Waals surface area contributed by atoms with Gasteiger partial charge in [-0.25, -0.2) is 12.8 Å². The van der Waals surface area contributed by atoms with Crippen molar-refractivity contribution in [1.29, 1.82) is 0 Å². The standard InChI is InChI=1S/C24H30FN3O4S/c1-16(2)22(24(30)26-20-8-6-19(25)7-9-20)27-23(29)18-12-14-28(15-13-18)33(31,32)21-10-4-17(3)5-11-21/h4-11,16,18,22H,12-15H2,1-3H3,(H,26,30)(H,27,29)/t22-/m1/s1. The molecular formula is C24H30FN3O4S. The Hall–Kier alpha value is -2.78.